The molecular formula is C38H39NO8S. The highest BCUT2D eigenvalue weighted by atomic mass is 32.2. The minimum absolute atomic E-state index is 0.00813. The Balaban J connectivity index is 1.33. The first-order chi connectivity index (χ1) is 23.2. The van der Waals surface area contributed by atoms with E-state index in [1.165, 1.54) is 0 Å². The molecule has 0 spiro atoms. The van der Waals surface area contributed by atoms with Crippen molar-refractivity contribution in [1.82, 2.24) is 5.32 Å². The fourth-order valence-electron chi connectivity index (χ4n) is 5.60. The molecule has 1 saturated heterocycles. The van der Waals surface area contributed by atoms with Gasteiger partial charge in [0.05, 0.1) is 24.4 Å². The van der Waals surface area contributed by atoms with Gasteiger partial charge in [-0.2, -0.15) is 0 Å². The van der Waals surface area contributed by atoms with E-state index in [9.17, 15) is 24.6 Å². The van der Waals surface area contributed by atoms with E-state index >= 15 is 0 Å². The number of ether oxygens (including phenoxy) is 2. The fraction of sp³-hybridized carbons (Fsp3) is 0.289. The number of aromatic carboxylic acids is 1. The largest absolute Gasteiger partial charge is 0.481 e. The molecule has 9 nitrogen and oxygen atoms in total. The molecule has 0 aromatic heterocycles. The number of amides is 1. The highest BCUT2D eigenvalue weighted by molar-refractivity contribution is 7.99. The standard InChI is InChI=1S/C38H39NO8S/c1-24-33(23-48-32-17-15-28(16-18-32)37(44)45)46-38(47-36(24)27-13-11-25(22-40)12-14-27)31-8-3-7-30(20-31)29-6-2-5-26(19-29)21-39-34(41)9-4-10-35(42)43/h2-3,5-8,11-20,24,33,36,38,40H,4,9-10,21-23H2,1H3,(H,39,41)(H,42,43)(H,44,45). The van der Waals surface area contributed by atoms with Gasteiger partial charge in [0.15, 0.2) is 6.29 Å². The molecule has 48 heavy (non-hydrogen) atoms. The zero-order valence-corrected chi connectivity index (χ0v) is 27.4. The average molecular weight is 670 g/mol. The molecule has 0 saturated carbocycles. The summed E-state index contributed by atoms with van der Waals surface area (Å²) in [4.78, 5) is 35.1. The lowest BCUT2D eigenvalue weighted by Crippen LogP contribution is -2.38. The van der Waals surface area contributed by atoms with Crippen molar-refractivity contribution in [3.05, 3.63) is 125 Å². The molecule has 4 aromatic rings. The van der Waals surface area contributed by atoms with Gasteiger partial charge in [0, 0.05) is 41.5 Å². The molecule has 1 fully saturated rings. The average Bonchev–Trinajstić information content (AvgIpc) is 3.10. The van der Waals surface area contributed by atoms with Crippen molar-refractivity contribution < 1.29 is 39.2 Å². The summed E-state index contributed by atoms with van der Waals surface area (Å²) in [6, 6.07) is 30.5. The lowest BCUT2D eigenvalue weighted by atomic mass is 9.91. The van der Waals surface area contributed by atoms with Crippen molar-refractivity contribution in [3.8, 4) is 11.1 Å². The van der Waals surface area contributed by atoms with Crippen LogP contribution in [0.5, 0.6) is 0 Å². The molecule has 0 bridgehead atoms. The molecule has 1 aliphatic heterocycles. The van der Waals surface area contributed by atoms with E-state index in [-0.39, 0.29) is 49.0 Å². The van der Waals surface area contributed by atoms with Crippen molar-refractivity contribution in [2.24, 2.45) is 5.92 Å². The Hall–Kier alpha value is -4.48. The highest BCUT2D eigenvalue weighted by Gasteiger charge is 2.38. The van der Waals surface area contributed by atoms with Crippen molar-refractivity contribution >= 4 is 29.6 Å². The number of aliphatic hydroxyl groups is 1. The summed E-state index contributed by atoms with van der Waals surface area (Å²) in [6.07, 6.45) is -0.699. The molecule has 0 radical (unpaired) electrons. The van der Waals surface area contributed by atoms with Crippen molar-refractivity contribution in [2.75, 3.05) is 5.75 Å². The summed E-state index contributed by atoms with van der Waals surface area (Å²) in [5.74, 6) is -1.44. The fourth-order valence-corrected chi connectivity index (χ4v) is 6.66. The number of aliphatic carboxylic acids is 1. The zero-order chi connectivity index (χ0) is 34.0. The molecule has 1 heterocycles. The van der Waals surface area contributed by atoms with Gasteiger partial charge in [0.2, 0.25) is 5.91 Å². The van der Waals surface area contributed by atoms with Gasteiger partial charge >= 0.3 is 11.9 Å². The van der Waals surface area contributed by atoms with E-state index in [0.29, 0.717) is 18.7 Å². The van der Waals surface area contributed by atoms with Gasteiger partial charge in [-0.15, -0.1) is 11.8 Å². The Kier molecular flexibility index (Phi) is 12.0. The third-order valence-corrected chi connectivity index (χ3v) is 9.44. The monoisotopic (exact) mass is 669 g/mol. The summed E-state index contributed by atoms with van der Waals surface area (Å²) in [5, 5.41) is 30.5. The second-order valence-corrected chi connectivity index (χ2v) is 12.9. The molecule has 4 aromatic carbocycles. The molecule has 250 valence electrons. The predicted octanol–water partition coefficient (Wildman–Crippen LogP) is 7.00. The van der Waals surface area contributed by atoms with Crippen LogP contribution < -0.4 is 5.32 Å². The second kappa shape index (κ2) is 16.6. The summed E-state index contributed by atoms with van der Waals surface area (Å²) in [5.41, 5.74) is 5.75. The number of nitrogens with one attached hydrogen (secondary N) is 1. The zero-order valence-electron chi connectivity index (χ0n) is 26.6. The minimum atomic E-state index is -0.962. The maximum Gasteiger partial charge on any atom is 0.335 e. The molecule has 0 aliphatic carbocycles. The number of rotatable bonds is 14. The molecule has 1 amide bonds. The van der Waals surface area contributed by atoms with Crippen LogP contribution in [0, 0.1) is 5.92 Å². The van der Waals surface area contributed by atoms with Crippen molar-refractivity contribution in [1.29, 1.82) is 0 Å². The Morgan fingerprint density at radius 3 is 2.19 bits per heavy atom. The van der Waals surface area contributed by atoms with Crippen LogP contribution in [0.3, 0.4) is 0 Å². The summed E-state index contributed by atoms with van der Waals surface area (Å²) >= 11 is 1.60. The summed E-state index contributed by atoms with van der Waals surface area (Å²) in [6.45, 7) is 2.40. The van der Waals surface area contributed by atoms with Crippen LogP contribution in [-0.4, -0.2) is 45.0 Å². The van der Waals surface area contributed by atoms with E-state index in [2.05, 4.69) is 12.2 Å². The minimum Gasteiger partial charge on any atom is -0.481 e. The van der Waals surface area contributed by atoms with Gasteiger partial charge in [-0.25, -0.2) is 4.79 Å². The number of benzene rings is 4. The van der Waals surface area contributed by atoms with Crippen LogP contribution in [-0.2, 0) is 32.2 Å². The summed E-state index contributed by atoms with van der Waals surface area (Å²) in [7, 11) is 0. The normalized spacial score (nSPS) is 19.0. The maximum absolute atomic E-state index is 12.2. The third kappa shape index (κ3) is 9.32. The van der Waals surface area contributed by atoms with E-state index in [1.807, 2.05) is 84.9 Å². The molecule has 10 heteroatoms. The maximum atomic E-state index is 12.2. The SMILES string of the molecule is CC1C(CSc2ccc(C(=O)O)cc2)OC(c2cccc(-c3cccc(CNC(=O)CCCC(=O)O)c3)c2)OC1c1ccc(CO)cc1. The lowest BCUT2D eigenvalue weighted by Gasteiger charge is -2.41. The molecule has 5 rings (SSSR count). The third-order valence-electron chi connectivity index (χ3n) is 8.34. The van der Waals surface area contributed by atoms with Crippen molar-refractivity contribution in [2.45, 2.75) is 62.7 Å². The van der Waals surface area contributed by atoms with Gasteiger partial charge in [-0.3, -0.25) is 9.59 Å². The van der Waals surface area contributed by atoms with Gasteiger partial charge in [0.25, 0.3) is 0 Å². The Morgan fingerprint density at radius 1 is 0.792 bits per heavy atom. The number of aliphatic hydroxyl groups excluding tert-OH is 1. The first-order valence-corrected chi connectivity index (χ1v) is 16.8. The Morgan fingerprint density at radius 2 is 1.50 bits per heavy atom. The number of hydrogen-bond acceptors (Lipinski definition) is 7. The van der Waals surface area contributed by atoms with Gasteiger partial charge < -0.3 is 30.1 Å². The molecule has 4 atom stereocenters. The first kappa shape index (κ1) is 34.8. The van der Waals surface area contributed by atoms with Crippen LogP contribution >= 0.6 is 11.8 Å². The molecule has 1 aliphatic rings. The highest BCUT2D eigenvalue weighted by Crippen LogP contribution is 2.43. The topological polar surface area (TPSA) is 142 Å². The molecular weight excluding hydrogens is 630 g/mol. The van der Waals surface area contributed by atoms with Crippen LogP contribution in [0.2, 0.25) is 0 Å². The summed E-state index contributed by atoms with van der Waals surface area (Å²) < 4.78 is 13.3. The number of carbonyl (C=O) groups excluding carboxylic acids is 1. The van der Waals surface area contributed by atoms with E-state index in [0.717, 1.165) is 38.3 Å². The number of carbonyl (C=O) groups is 3. The van der Waals surface area contributed by atoms with Crippen LogP contribution in [0.4, 0.5) is 0 Å². The Labute approximate surface area is 283 Å². The van der Waals surface area contributed by atoms with Crippen LogP contribution in [0.1, 0.15) is 71.2 Å². The second-order valence-electron chi connectivity index (χ2n) is 11.8. The lowest BCUT2D eigenvalue weighted by molar-refractivity contribution is -0.268. The van der Waals surface area contributed by atoms with E-state index in [4.69, 9.17) is 14.6 Å². The number of thioether (sulfide) groups is 1. The first-order valence-electron chi connectivity index (χ1n) is 15.8. The number of carboxylic acids is 2. The smallest absolute Gasteiger partial charge is 0.335 e. The molecule has 4 N–H and O–H groups in total. The van der Waals surface area contributed by atoms with Gasteiger partial charge in [-0.05, 0) is 70.6 Å². The predicted molar refractivity (Wildman–Crippen MR) is 182 cm³/mol. The molecule has 4 unspecified atom stereocenters. The van der Waals surface area contributed by atoms with Crippen LogP contribution in [0.25, 0.3) is 11.1 Å². The number of carboxylic acid groups (broad SMARTS) is 2. The van der Waals surface area contributed by atoms with Crippen molar-refractivity contribution in [3.63, 3.8) is 0 Å². The van der Waals surface area contributed by atoms with Gasteiger partial charge in [-0.1, -0.05) is 67.6 Å². The number of hydrogen-bond donors (Lipinski definition) is 4. The van der Waals surface area contributed by atoms with E-state index < -0.39 is 18.2 Å². The van der Waals surface area contributed by atoms with Crippen LogP contribution in [0.15, 0.2) is 102 Å². The van der Waals surface area contributed by atoms with E-state index in [1.54, 1.807) is 23.9 Å². The Bertz CT molecular complexity index is 1710. The quantitative estimate of drug-likeness (QED) is 0.104. The van der Waals surface area contributed by atoms with Gasteiger partial charge in [0.1, 0.15) is 0 Å².